The predicted octanol–water partition coefficient (Wildman–Crippen LogP) is 3.38. The van der Waals surface area contributed by atoms with Crippen molar-refractivity contribution in [2.75, 3.05) is 0 Å². The molecule has 0 amide bonds. The topological polar surface area (TPSA) is 57.5 Å². The minimum atomic E-state index is -0.912. The summed E-state index contributed by atoms with van der Waals surface area (Å²) < 4.78 is 0. The SMILES string of the molecule is C=C[C@@H](C#CC#C[C@@H](O)CCCCCCCC)CC(=O)O. The zero-order valence-electron chi connectivity index (χ0n) is 12.9. The predicted molar refractivity (Wildman–Crippen MR) is 85.5 cm³/mol. The van der Waals surface area contributed by atoms with Gasteiger partial charge in [-0.2, -0.15) is 0 Å². The zero-order chi connectivity index (χ0) is 15.9. The van der Waals surface area contributed by atoms with E-state index >= 15 is 0 Å². The van der Waals surface area contributed by atoms with Crippen LogP contribution in [0.1, 0.15) is 58.3 Å². The Bertz CT molecular complexity index is 417. The average Bonchev–Trinajstić information content (AvgIpc) is 2.45. The smallest absolute Gasteiger partial charge is 0.304 e. The Kier molecular flexibility index (Phi) is 12.2. The van der Waals surface area contributed by atoms with E-state index < -0.39 is 18.0 Å². The summed E-state index contributed by atoms with van der Waals surface area (Å²) >= 11 is 0. The third kappa shape index (κ3) is 13.0. The molecule has 0 aromatic rings. The van der Waals surface area contributed by atoms with E-state index in [1.165, 1.54) is 31.8 Å². The molecule has 0 aliphatic carbocycles. The van der Waals surface area contributed by atoms with Gasteiger partial charge in [-0.15, -0.1) is 6.58 Å². The molecular formula is C18H26O3. The summed E-state index contributed by atoms with van der Waals surface area (Å²) in [4.78, 5) is 10.5. The summed E-state index contributed by atoms with van der Waals surface area (Å²) in [5.41, 5.74) is 0. The Hall–Kier alpha value is -1.71. The molecule has 2 N–H and O–H groups in total. The van der Waals surface area contributed by atoms with Crippen LogP contribution in [0.5, 0.6) is 0 Å². The fourth-order valence-corrected chi connectivity index (χ4v) is 1.82. The maximum Gasteiger partial charge on any atom is 0.304 e. The third-order valence-corrected chi connectivity index (χ3v) is 3.07. The number of hydrogen-bond donors (Lipinski definition) is 2. The maximum atomic E-state index is 10.5. The molecule has 0 spiro atoms. The van der Waals surface area contributed by atoms with E-state index in [2.05, 4.69) is 37.2 Å². The molecule has 116 valence electrons. The average molecular weight is 290 g/mol. The van der Waals surface area contributed by atoms with E-state index in [0.717, 1.165) is 12.8 Å². The first-order valence-electron chi connectivity index (χ1n) is 7.63. The number of carboxylic acids is 1. The van der Waals surface area contributed by atoms with E-state index in [0.29, 0.717) is 6.42 Å². The first kappa shape index (κ1) is 19.3. The lowest BCUT2D eigenvalue weighted by molar-refractivity contribution is -0.137. The second-order valence-corrected chi connectivity index (χ2v) is 5.05. The number of carbonyl (C=O) groups is 1. The summed E-state index contributed by atoms with van der Waals surface area (Å²) in [5, 5.41) is 18.3. The van der Waals surface area contributed by atoms with Crippen LogP contribution < -0.4 is 0 Å². The van der Waals surface area contributed by atoms with Gasteiger partial charge in [0.1, 0.15) is 6.10 Å². The van der Waals surface area contributed by atoms with Crippen molar-refractivity contribution >= 4 is 5.97 Å². The number of hydrogen-bond acceptors (Lipinski definition) is 2. The molecule has 3 heteroatoms. The van der Waals surface area contributed by atoms with Gasteiger partial charge < -0.3 is 10.2 Å². The Morgan fingerprint density at radius 3 is 2.38 bits per heavy atom. The van der Waals surface area contributed by atoms with Crippen molar-refractivity contribution in [3.8, 4) is 23.7 Å². The molecule has 0 aromatic carbocycles. The van der Waals surface area contributed by atoms with Crippen LogP contribution in [0.15, 0.2) is 12.7 Å². The van der Waals surface area contributed by atoms with Gasteiger partial charge in [0.05, 0.1) is 6.42 Å². The van der Waals surface area contributed by atoms with Crippen molar-refractivity contribution in [2.45, 2.75) is 64.4 Å². The summed E-state index contributed by atoms with van der Waals surface area (Å²) in [6.07, 6.45) is 8.53. The van der Waals surface area contributed by atoms with Gasteiger partial charge >= 0.3 is 5.97 Å². The molecule has 2 atom stereocenters. The molecule has 0 bridgehead atoms. The summed E-state index contributed by atoms with van der Waals surface area (Å²) in [5.74, 6) is 9.24. The first-order chi connectivity index (χ1) is 10.1. The number of rotatable bonds is 10. The fourth-order valence-electron chi connectivity index (χ4n) is 1.82. The molecule has 0 saturated carbocycles. The molecule has 0 radical (unpaired) electrons. The number of aliphatic hydroxyl groups is 1. The Morgan fingerprint density at radius 2 is 1.76 bits per heavy atom. The lowest BCUT2D eigenvalue weighted by Gasteiger charge is -2.02. The molecular weight excluding hydrogens is 264 g/mol. The van der Waals surface area contributed by atoms with Crippen molar-refractivity contribution in [2.24, 2.45) is 5.92 Å². The highest BCUT2D eigenvalue weighted by molar-refractivity contribution is 5.68. The fraction of sp³-hybridized carbons (Fsp3) is 0.611. The van der Waals surface area contributed by atoms with Crippen LogP contribution in [0, 0.1) is 29.6 Å². The quantitative estimate of drug-likeness (QED) is 0.368. The number of aliphatic hydroxyl groups excluding tert-OH is 1. The molecule has 21 heavy (non-hydrogen) atoms. The van der Waals surface area contributed by atoms with Crippen molar-refractivity contribution in [1.29, 1.82) is 0 Å². The normalized spacial score (nSPS) is 12.3. The number of unbranched alkanes of at least 4 members (excludes halogenated alkanes) is 5. The van der Waals surface area contributed by atoms with Gasteiger partial charge in [-0.25, -0.2) is 0 Å². The van der Waals surface area contributed by atoms with Crippen molar-refractivity contribution in [3.05, 3.63) is 12.7 Å². The minimum absolute atomic E-state index is 0.0709. The van der Waals surface area contributed by atoms with Crippen LogP contribution in [0.4, 0.5) is 0 Å². The number of carboxylic acid groups (broad SMARTS) is 1. The molecule has 0 saturated heterocycles. The van der Waals surface area contributed by atoms with E-state index in [4.69, 9.17) is 5.11 Å². The molecule has 3 nitrogen and oxygen atoms in total. The standard InChI is InChI=1S/C18H26O3/c1-3-5-6-7-8-9-13-17(19)14-11-10-12-16(4-2)15-18(20)21/h4,16-17,19H,2-3,5-9,13,15H2,1H3,(H,20,21)/t16-,17-/m0/s1. The molecule has 0 aromatic heterocycles. The molecule has 0 heterocycles. The van der Waals surface area contributed by atoms with E-state index in [1.54, 1.807) is 0 Å². The van der Waals surface area contributed by atoms with Crippen LogP contribution >= 0.6 is 0 Å². The van der Waals surface area contributed by atoms with Gasteiger partial charge in [-0.3, -0.25) is 4.79 Å². The van der Waals surface area contributed by atoms with E-state index in [-0.39, 0.29) is 6.42 Å². The van der Waals surface area contributed by atoms with Crippen LogP contribution in [-0.4, -0.2) is 22.3 Å². The first-order valence-corrected chi connectivity index (χ1v) is 7.63. The summed E-state index contributed by atoms with van der Waals surface area (Å²) in [7, 11) is 0. The molecule has 0 fully saturated rings. The summed E-state index contributed by atoms with van der Waals surface area (Å²) in [6, 6.07) is 0. The van der Waals surface area contributed by atoms with Crippen molar-refractivity contribution < 1.29 is 15.0 Å². The van der Waals surface area contributed by atoms with Crippen LogP contribution in [0.25, 0.3) is 0 Å². The van der Waals surface area contributed by atoms with Gasteiger partial charge in [-0.1, -0.05) is 56.9 Å². The second-order valence-electron chi connectivity index (χ2n) is 5.05. The molecule has 0 aliphatic rings. The van der Waals surface area contributed by atoms with Gasteiger partial charge in [-0.05, 0) is 24.7 Å². The Labute approximate surface area is 128 Å². The monoisotopic (exact) mass is 290 g/mol. The highest BCUT2D eigenvalue weighted by Gasteiger charge is 2.04. The van der Waals surface area contributed by atoms with Crippen LogP contribution in [0.3, 0.4) is 0 Å². The minimum Gasteiger partial charge on any atom is -0.481 e. The second kappa shape index (κ2) is 13.3. The maximum absolute atomic E-state index is 10.5. The third-order valence-electron chi connectivity index (χ3n) is 3.07. The number of aliphatic carboxylic acids is 1. The van der Waals surface area contributed by atoms with Crippen molar-refractivity contribution in [3.63, 3.8) is 0 Å². The van der Waals surface area contributed by atoms with Gasteiger partial charge in [0, 0.05) is 5.92 Å². The molecule has 0 aliphatic heterocycles. The van der Waals surface area contributed by atoms with Gasteiger partial charge in [0.15, 0.2) is 0 Å². The zero-order valence-corrected chi connectivity index (χ0v) is 12.9. The van der Waals surface area contributed by atoms with Gasteiger partial charge in [0.2, 0.25) is 0 Å². The van der Waals surface area contributed by atoms with Crippen molar-refractivity contribution in [1.82, 2.24) is 0 Å². The summed E-state index contributed by atoms with van der Waals surface area (Å²) in [6.45, 7) is 5.72. The molecule has 0 unspecified atom stereocenters. The molecule has 0 rings (SSSR count). The van der Waals surface area contributed by atoms with E-state index in [1.807, 2.05) is 0 Å². The lowest BCUT2D eigenvalue weighted by atomic mass is 10.1. The largest absolute Gasteiger partial charge is 0.481 e. The lowest BCUT2D eigenvalue weighted by Crippen LogP contribution is -2.03. The highest BCUT2D eigenvalue weighted by Crippen LogP contribution is 2.08. The Balaban J connectivity index is 3.93. The van der Waals surface area contributed by atoms with Crippen LogP contribution in [0.2, 0.25) is 0 Å². The Morgan fingerprint density at radius 1 is 1.14 bits per heavy atom. The van der Waals surface area contributed by atoms with Gasteiger partial charge in [0.25, 0.3) is 0 Å². The van der Waals surface area contributed by atoms with E-state index in [9.17, 15) is 9.90 Å². The van der Waals surface area contributed by atoms with Crippen LogP contribution in [-0.2, 0) is 4.79 Å². The highest BCUT2D eigenvalue weighted by atomic mass is 16.4. The number of allylic oxidation sites excluding steroid dienone is 1.